The SMILES string of the molecule is CCN(CC(=O)Nc1ccccc1N1CCCC1=O)C(C)c1cccc(OC)c1. The van der Waals surface area contributed by atoms with E-state index in [2.05, 4.69) is 17.1 Å². The van der Waals surface area contributed by atoms with Crippen molar-refractivity contribution in [1.82, 2.24) is 4.90 Å². The molecule has 6 heteroatoms. The fourth-order valence-corrected chi connectivity index (χ4v) is 3.73. The van der Waals surface area contributed by atoms with Crippen molar-refractivity contribution in [1.29, 1.82) is 0 Å². The average Bonchev–Trinajstić information content (AvgIpc) is 3.17. The summed E-state index contributed by atoms with van der Waals surface area (Å²) in [6.45, 7) is 5.82. The van der Waals surface area contributed by atoms with Crippen LogP contribution in [0, 0.1) is 0 Å². The maximum absolute atomic E-state index is 12.8. The van der Waals surface area contributed by atoms with Crippen molar-refractivity contribution < 1.29 is 14.3 Å². The van der Waals surface area contributed by atoms with Gasteiger partial charge >= 0.3 is 0 Å². The highest BCUT2D eigenvalue weighted by molar-refractivity contribution is 6.02. The number of benzene rings is 2. The van der Waals surface area contributed by atoms with Crippen LogP contribution in [-0.4, -0.2) is 43.5 Å². The Morgan fingerprint density at radius 3 is 2.72 bits per heavy atom. The number of ether oxygens (including phenoxy) is 1. The third kappa shape index (κ3) is 4.95. The molecule has 1 aliphatic heterocycles. The van der Waals surface area contributed by atoms with Gasteiger partial charge in [-0.1, -0.05) is 31.2 Å². The summed E-state index contributed by atoms with van der Waals surface area (Å²) in [6, 6.07) is 15.5. The number of carbonyl (C=O) groups is 2. The summed E-state index contributed by atoms with van der Waals surface area (Å²) in [5.74, 6) is 0.813. The lowest BCUT2D eigenvalue weighted by molar-refractivity contribution is -0.118. The molecule has 3 rings (SSSR count). The summed E-state index contributed by atoms with van der Waals surface area (Å²) in [7, 11) is 1.65. The van der Waals surface area contributed by atoms with Crippen molar-refractivity contribution in [2.24, 2.45) is 0 Å². The van der Waals surface area contributed by atoms with Gasteiger partial charge < -0.3 is 15.0 Å². The van der Waals surface area contributed by atoms with Gasteiger partial charge in [-0.3, -0.25) is 14.5 Å². The second kappa shape index (κ2) is 9.56. The summed E-state index contributed by atoms with van der Waals surface area (Å²) < 4.78 is 5.32. The molecule has 0 radical (unpaired) electrons. The zero-order chi connectivity index (χ0) is 20.8. The van der Waals surface area contributed by atoms with Gasteiger partial charge in [-0.2, -0.15) is 0 Å². The average molecular weight is 396 g/mol. The van der Waals surface area contributed by atoms with Gasteiger partial charge in [-0.05, 0) is 49.7 Å². The van der Waals surface area contributed by atoms with Crippen molar-refractivity contribution in [3.63, 3.8) is 0 Å². The first-order chi connectivity index (χ1) is 14.0. The number of likely N-dealkylation sites (N-methyl/N-ethyl adjacent to an activating group) is 1. The van der Waals surface area contributed by atoms with Crippen LogP contribution >= 0.6 is 0 Å². The van der Waals surface area contributed by atoms with Gasteiger partial charge in [0.15, 0.2) is 0 Å². The van der Waals surface area contributed by atoms with Crippen molar-refractivity contribution in [3.05, 3.63) is 54.1 Å². The number of hydrogen-bond acceptors (Lipinski definition) is 4. The Bertz CT molecular complexity index is 868. The first-order valence-electron chi connectivity index (χ1n) is 10.1. The highest BCUT2D eigenvalue weighted by Gasteiger charge is 2.25. The summed E-state index contributed by atoms with van der Waals surface area (Å²) in [6.07, 6.45) is 1.41. The summed E-state index contributed by atoms with van der Waals surface area (Å²) in [5.41, 5.74) is 2.55. The van der Waals surface area contributed by atoms with E-state index in [0.717, 1.165) is 30.0 Å². The molecule has 6 nitrogen and oxygen atoms in total. The molecule has 0 aromatic heterocycles. The fourth-order valence-electron chi connectivity index (χ4n) is 3.73. The van der Waals surface area contributed by atoms with E-state index in [9.17, 15) is 9.59 Å². The van der Waals surface area contributed by atoms with Crippen LogP contribution in [0.4, 0.5) is 11.4 Å². The third-order valence-electron chi connectivity index (χ3n) is 5.42. The topological polar surface area (TPSA) is 61.9 Å². The molecule has 2 aromatic rings. The van der Waals surface area contributed by atoms with E-state index in [4.69, 9.17) is 4.74 Å². The van der Waals surface area contributed by atoms with E-state index in [1.807, 2.05) is 55.5 Å². The molecule has 1 heterocycles. The molecule has 2 amide bonds. The normalized spacial score (nSPS) is 14.9. The highest BCUT2D eigenvalue weighted by atomic mass is 16.5. The summed E-state index contributed by atoms with van der Waals surface area (Å²) >= 11 is 0. The Kier molecular flexibility index (Phi) is 6.88. The Labute approximate surface area is 172 Å². The van der Waals surface area contributed by atoms with Gasteiger partial charge in [0.05, 0.1) is 25.0 Å². The van der Waals surface area contributed by atoms with E-state index in [0.29, 0.717) is 18.7 Å². The second-order valence-electron chi connectivity index (χ2n) is 7.23. The van der Waals surface area contributed by atoms with Crippen LogP contribution in [-0.2, 0) is 9.59 Å². The minimum Gasteiger partial charge on any atom is -0.497 e. The first-order valence-corrected chi connectivity index (χ1v) is 10.1. The Balaban J connectivity index is 1.70. The Morgan fingerprint density at radius 1 is 1.24 bits per heavy atom. The van der Waals surface area contributed by atoms with Crippen LogP contribution in [0.1, 0.15) is 38.3 Å². The number of methoxy groups -OCH3 is 1. The monoisotopic (exact) mass is 395 g/mol. The minimum atomic E-state index is -0.0966. The molecular formula is C23H29N3O3. The van der Waals surface area contributed by atoms with Gasteiger partial charge in [-0.15, -0.1) is 0 Å². The summed E-state index contributed by atoms with van der Waals surface area (Å²) in [4.78, 5) is 28.8. The Hall–Kier alpha value is -2.86. The zero-order valence-electron chi connectivity index (χ0n) is 17.4. The molecule has 1 atom stereocenters. The van der Waals surface area contributed by atoms with Crippen LogP contribution < -0.4 is 15.0 Å². The number of nitrogens with one attached hydrogen (secondary N) is 1. The molecule has 154 valence electrons. The maximum atomic E-state index is 12.8. The van der Waals surface area contributed by atoms with Crippen molar-refractivity contribution >= 4 is 23.2 Å². The minimum absolute atomic E-state index is 0.0660. The maximum Gasteiger partial charge on any atom is 0.238 e. The second-order valence-corrected chi connectivity index (χ2v) is 7.23. The lowest BCUT2D eigenvalue weighted by Gasteiger charge is -2.28. The number of rotatable bonds is 8. The standard InChI is InChI=1S/C23H29N3O3/c1-4-25(17(2)18-9-7-10-19(15-18)29-3)16-22(27)24-20-11-5-6-12-21(20)26-14-8-13-23(26)28/h5-7,9-12,15,17H,4,8,13-14,16H2,1-3H3,(H,24,27). The van der Waals surface area contributed by atoms with Crippen LogP contribution in [0.2, 0.25) is 0 Å². The molecule has 29 heavy (non-hydrogen) atoms. The van der Waals surface area contributed by atoms with E-state index < -0.39 is 0 Å². The number of amides is 2. The molecule has 0 spiro atoms. The Morgan fingerprint density at radius 2 is 2.03 bits per heavy atom. The first kappa shape index (κ1) is 20.9. The number of hydrogen-bond donors (Lipinski definition) is 1. The number of carbonyl (C=O) groups excluding carboxylic acids is 2. The molecule has 1 aliphatic rings. The zero-order valence-corrected chi connectivity index (χ0v) is 17.4. The van der Waals surface area contributed by atoms with E-state index in [-0.39, 0.29) is 24.4 Å². The third-order valence-corrected chi connectivity index (χ3v) is 5.42. The molecule has 0 aliphatic carbocycles. The van der Waals surface area contributed by atoms with Crippen LogP contribution in [0.15, 0.2) is 48.5 Å². The molecule has 1 N–H and O–H groups in total. The molecule has 2 aromatic carbocycles. The van der Waals surface area contributed by atoms with Crippen molar-refractivity contribution in [2.45, 2.75) is 32.7 Å². The van der Waals surface area contributed by atoms with Crippen molar-refractivity contribution in [3.8, 4) is 5.75 Å². The van der Waals surface area contributed by atoms with Gasteiger partial charge in [0.1, 0.15) is 5.75 Å². The predicted octanol–water partition coefficient (Wildman–Crippen LogP) is 3.84. The summed E-state index contributed by atoms with van der Waals surface area (Å²) in [5, 5.41) is 3.00. The lowest BCUT2D eigenvalue weighted by Crippen LogP contribution is -2.35. The fraction of sp³-hybridized carbons (Fsp3) is 0.391. The molecule has 0 bridgehead atoms. The molecular weight excluding hydrogens is 366 g/mol. The van der Waals surface area contributed by atoms with E-state index in [1.54, 1.807) is 12.0 Å². The van der Waals surface area contributed by atoms with Crippen LogP contribution in [0.5, 0.6) is 5.75 Å². The van der Waals surface area contributed by atoms with Crippen molar-refractivity contribution in [2.75, 3.05) is 37.0 Å². The predicted molar refractivity (Wildman–Crippen MR) is 115 cm³/mol. The molecule has 1 unspecified atom stereocenters. The quantitative estimate of drug-likeness (QED) is 0.738. The smallest absolute Gasteiger partial charge is 0.238 e. The number of para-hydroxylation sites is 2. The van der Waals surface area contributed by atoms with Gasteiger partial charge in [0, 0.05) is 19.0 Å². The van der Waals surface area contributed by atoms with Crippen LogP contribution in [0.3, 0.4) is 0 Å². The lowest BCUT2D eigenvalue weighted by atomic mass is 10.1. The largest absolute Gasteiger partial charge is 0.497 e. The molecule has 1 saturated heterocycles. The highest BCUT2D eigenvalue weighted by Crippen LogP contribution is 2.29. The molecule has 0 saturated carbocycles. The van der Waals surface area contributed by atoms with Gasteiger partial charge in [0.25, 0.3) is 0 Å². The van der Waals surface area contributed by atoms with Gasteiger partial charge in [0.2, 0.25) is 11.8 Å². The van der Waals surface area contributed by atoms with Crippen LogP contribution in [0.25, 0.3) is 0 Å². The van der Waals surface area contributed by atoms with Gasteiger partial charge in [-0.25, -0.2) is 0 Å². The number of anilines is 2. The van der Waals surface area contributed by atoms with E-state index >= 15 is 0 Å². The number of nitrogens with zero attached hydrogens (tertiary/aromatic N) is 2. The van der Waals surface area contributed by atoms with E-state index in [1.165, 1.54) is 0 Å². The molecule has 1 fully saturated rings.